The van der Waals surface area contributed by atoms with Gasteiger partial charge in [0.25, 0.3) is 0 Å². The molecule has 6 rings (SSSR count). The summed E-state index contributed by atoms with van der Waals surface area (Å²) in [5, 5.41) is 25.4. The second kappa shape index (κ2) is 13.2. The van der Waals surface area contributed by atoms with Gasteiger partial charge in [-0.25, -0.2) is 0 Å². The summed E-state index contributed by atoms with van der Waals surface area (Å²) >= 11 is 0. The topological polar surface area (TPSA) is 109 Å². The molecule has 5 aliphatic carbocycles. The number of pyridine rings is 1. The zero-order valence-electron chi connectivity index (χ0n) is 34.3. The summed E-state index contributed by atoms with van der Waals surface area (Å²) in [6.07, 6.45) is 13.9. The predicted octanol–water partition coefficient (Wildman–Crippen LogP) is 9.48. The fourth-order valence-electron chi connectivity index (χ4n) is 13.6. The molecule has 9 unspecified atom stereocenters. The van der Waals surface area contributed by atoms with E-state index in [1.54, 1.807) is 19.4 Å². The van der Waals surface area contributed by atoms with Gasteiger partial charge in [0.1, 0.15) is 6.10 Å². The monoisotopic (exact) mass is 719 g/mol. The van der Waals surface area contributed by atoms with E-state index in [1.165, 1.54) is 36.8 Å². The van der Waals surface area contributed by atoms with E-state index in [0.29, 0.717) is 23.7 Å². The molecule has 0 aromatic carbocycles. The standard InChI is InChI=1S/C45H70N2O5/c1-28(2)36-31(48)25-45(22-24-47-41(7,8)29-13-12-23-46-27-29)21-20-43(10)30(37(36)45)14-15-33-42(9)18-17-34(52-35(49)26-39(3,4)38(50)51)40(5,6)32(42)16-19-44(33,43)11/h12-13,23,27-28,30-34,47-48H,14-22,24-26H2,1-11H3,(H,50,51). The molecule has 4 saturated carbocycles. The first-order valence-corrected chi connectivity index (χ1v) is 20.6. The van der Waals surface area contributed by atoms with Crippen LogP contribution in [-0.4, -0.2) is 45.9 Å². The molecule has 0 spiro atoms. The van der Waals surface area contributed by atoms with E-state index in [2.05, 4.69) is 78.7 Å². The number of rotatable bonds is 10. The lowest BCUT2D eigenvalue weighted by Crippen LogP contribution is -2.65. The molecule has 3 N–H and O–H groups in total. The van der Waals surface area contributed by atoms with Crippen LogP contribution in [0.4, 0.5) is 0 Å². The van der Waals surface area contributed by atoms with Crippen molar-refractivity contribution in [2.75, 3.05) is 6.54 Å². The lowest BCUT2D eigenvalue weighted by atomic mass is 9.33. The van der Waals surface area contributed by atoms with Crippen LogP contribution in [0.15, 0.2) is 35.7 Å². The van der Waals surface area contributed by atoms with Crippen molar-refractivity contribution in [3.63, 3.8) is 0 Å². The third-order valence-corrected chi connectivity index (χ3v) is 16.7. The van der Waals surface area contributed by atoms with Crippen molar-refractivity contribution in [1.82, 2.24) is 10.3 Å². The van der Waals surface area contributed by atoms with Crippen LogP contribution < -0.4 is 5.32 Å². The van der Waals surface area contributed by atoms with E-state index in [-0.39, 0.29) is 51.2 Å². The molecule has 0 aliphatic heterocycles. The van der Waals surface area contributed by atoms with E-state index in [9.17, 15) is 19.8 Å². The van der Waals surface area contributed by atoms with Crippen molar-refractivity contribution >= 4 is 11.9 Å². The Balaban J connectivity index is 1.25. The van der Waals surface area contributed by atoms with Crippen molar-refractivity contribution in [3.05, 3.63) is 41.2 Å². The fourth-order valence-corrected chi connectivity index (χ4v) is 13.6. The molecule has 1 aromatic heterocycles. The Morgan fingerprint density at radius 2 is 1.67 bits per heavy atom. The van der Waals surface area contributed by atoms with Gasteiger partial charge < -0.3 is 20.3 Å². The van der Waals surface area contributed by atoms with Gasteiger partial charge in [0.15, 0.2) is 0 Å². The number of carboxylic acids is 1. The number of esters is 1. The molecule has 7 heteroatoms. The fraction of sp³-hybridized carbons (Fsp3) is 0.800. The number of fused-ring (bicyclic) bond motifs is 7. The molecule has 290 valence electrons. The molecule has 1 heterocycles. The first-order valence-electron chi connectivity index (χ1n) is 20.6. The molecule has 0 bridgehead atoms. The number of carbonyl (C=O) groups is 2. The van der Waals surface area contributed by atoms with Gasteiger partial charge in [0, 0.05) is 23.3 Å². The zero-order chi connectivity index (χ0) is 38.3. The van der Waals surface area contributed by atoms with Gasteiger partial charge in [0.05, 0.1) is 17.9 Å². The summed E-state index contributed by atoms with van der Waals surface area (Å²) in [4.78, 5) is 29.2. The molecule has 9 atom stereocenters. The van der Waals surface area contributed by atoms with Crippen LogP contribution in [0.2, 0.25) is 0 Å². The van der Waals surface area contributed by atoms with E-state index >= 15 is 0 Å². The van der Waals surface area contributed by atoms with Gasteiger partial charge in [0.2, 0.25) is 0 Å². The maximum absolute atomic E-state index is 13.1. The summed E-state index contributed by atoms with van der Waals surface area (Å²) in [5.74, 6) is 0.440. The van der Waals surface area contributed by atoms with Crippen LogP contribution in [0.3, 0.4) is 0 Å². The molecular formula is C45H70N2O5. The molecule has 1 aromatic rings. The number of aliphatic hydroxyl groups excluding tert-OH is 1. The Bertz CT molecular complexity index is 1560. The number of carboxylic acid groups (broad SMARTS) is 1. The molecular weight excluding hydrogens is 649 g/mol. The average Bonchev–Trinajstić information content (AvgIpc) is 3.35. The summed E-state index contributed by atoms with van der Waals surface area (Å²) < 4.78 is 6.19. The minimum atomic E-state index is -1.14. The lowest BCUT2D eigenvalue weighted by molar-refractivity contribution is -0.233. The number of hydrogen-bond acceptors (Lipinski definition) is 6. The Morgan fingerprint density at radius 1 is 0.962 bits per heavy atom. The smallest absolute Gasteiger partial charge is 0.309 e. The normalized spacial score (nSPS) is 38.6. The molecule has 4 fully saturated rings. The minimum Gasteiger partial charge on any atom is -0.481 e. The second-order valence-electron chi connectivity index (χ2n) is 20.9. The highest BCUT2D eigenvalue weighted by atomic mass is 16.5. The number of aromatic nitrogens is 1. The van der Waals surface area contributed by atoms with Crippen LogP contribution in [-0.2, 0) is 19.9 Å². The number of aliphatic carboxylic acids is 1. The number of allylic oxidation sites excluding steroid dienone is 1. The van der Waals surface area contributed by atoms with E-state index in [1.807, 2.05) is 18.5 Å². The molecule has 52 heavy (non-hydrogen) atoms. The number of aliphatic hydroxyl groups is 1. The Kier molecular flexibility index (Phi) is 10.0. The van der Waals surface area contributed by atoms with Gasteiger partial charge in [-0.15, -0.1) is 0 Å². The Labute approximate surface area is 314 Å². The first-order chi connectivity index (χ1) is 24.1. The molecule has 7 nitrogen and oxygen atoms in total. The third kappa shape index (κ3) is 6.10. The summed E-state index contributed by atoms with van der Waals surface area (Å²) in [6.45, 7) is 25.7. The van der Waals surface area contributed by atoms with Crippen LogP contribution in [0.1, 0.15) is 152 Å². The highest BCUT2D eigenvalue weighted by molar-refractivity contribution is 5.81. The molecule has 0 radical (unpaired) electrons. The third-order valence-electron chi connectivity index (χ3n) is 16.7. The second-order valence-corrected chi connectivity index (χ2v) is 20.9. The van der Waals surface area contributed by atoms with Gasteiger partial charge in [-0.3, -0.25) is 14.6 Å². The molecule has 0 saturated heterocycles. The molecule has 5 aliphatic rings. The van der Waals surface area contributed by atoms with Crippen LogP contribution in [0.25, 0.3) is 0 Å². The van der Waals surface area contributed by atoms with E-state index in [4.69, 9.17) is 4.74 Å². The van der Waals surface area contributed by atoms with Crippen LogP contribution in [0.5, 0.6) is 0 Å². The summed E-state index contributed by atoms with van der Waals surface area (Å²) in [5.41, 5.74) is 3.13. The quantitative estimate of drug-likeness (QED) is 0.163. The maximum atomic E-state index is 13.1. The summed E-state index contributed by atoms with van der Waals surface area (Å²) in [7, 11) is 0. The first kappa shape index (κ1) is 39.4. The largest absolute Gasteiger partial charge is 0.481 e. The van der Waals surface area contributed by atoms with Crippen LogP contribution >= 0.6 is 0 Å². The van der Waals surface area contributed by atoms with Crippen molar-refractivity contribution in [3.8, 4) is 0 Å². The van der Waals surface area contributed by atoms with Crippen molar-refractivity contribution < 1.29 is 24.5 Å². The summed E-state index contributed by atoms with van der Waals surface area (Å²) in [6, 6.07) is 4.17. The molecule has 0 amide bonds. The SMILES string of the molecule is CC(C)C1=C2C3CCC4C5(C)CCC(OC(=O)CC(C)(C)C(=O)O)C(C)(C)C5CCC4(C)C3(C)CCC2(CCNC(C)(C)c2cccnc2)CC1O. The van der Waals surface area contributed by atoms with Gasteiger partial charge >= 0.3 is 11.9 Å². The predicted molar refractivity (Wildman–Crippen MR) is 206 cm³/mol. The number of ether oxygens (including phenoxy) is 1. The number of nitrogens with one attached hydrogen (secondary N) is 1. The lowest BCUT2D eigenvalue weighted by Gasteiger charge is -2.72. The highest BCUT2D eigenvalue weighted by Gasteiger charge is 2.70. The van der Waals surface area contributed by atoms with Gasteiger partial charge in [-0.2, -0.15) is 0 Å². The number of carbonyl (C=O) groups excluding carboxylic acids is 1. The van der Waals surface area contributed by atoms with Crippen LogP contribution in [0, 0.1) is 56.2 Å². The average molecular weight is 719 g/mol. The van der Waals surface area contributed by atoms with Crippen molar-refractivity contribution in [2.24, 2.45) is 56.2 Å². The van der Waals surface area contributed by atoms with Gasteiger partial charge in [-0.05, 0) is 161 Å². The van der Waals surface area contributed by atoms with E-state index < -0.39 is 17.4 Å². The Hall–Kier alpha value is -2.25. The number of hydrogen-bond donors (Lipinski definition) is 3. The maximum Gasteiger partial charge on any atom is 0.309 e. The highest BCUT2D eigenvalue weighted by Crippen LogP contribution is 2.77. The van der Waals surface area contributed by atoms with Gasteiger partial charge in [-0.1, -0.05) is 60.1 Å². The number of nitrogens with zero attached hydrogens (tertiary/aromatic N) is 1. The zero-order valence-corrected chi connectivity index (χ0v) is 34.3. The van der Waals surface area contributed by atoms with Crippen molar-refractivity contribution in [1.29, 1.82) is 0 Å². The Morgan fingerprint density at radius 3 is 2.31 bits per heavy atom. The van der Waals surface area contributed by atoms with E-state index in [0.717, 1.165) is 45.1 Å². The van der Waals surface area contributed by atoms with Crippen molar-refractivity contribution in [2.45, 2.75) is 165 Å². The minimum absolute atomic E-state index is 0.0324.